The molecule has 0 radical (unpaired) electrons. The summed E-state index contributed by atoms with van der Waals surface area (Å²) in [7, 11) is 1.59. The van der Waals surface area contributed by atoms with E-state index >= 15 is 0 Å². The Morgan fingerprint density at radius 2 is 2.50 bits per heavy atom. The van der Waals surface area contributed by atoms with Crippen molar-refractivity contribution in [1.82, 2.24) is 10.6 Å². The first-order valence-electron chi connectivity index (χ1n) is 4.70. The van der Waals surface area contributed by atoms with Crippen molar-refractivity contribution in [1.29, 1.82) is 0 Å². The minimum atomic E-state index is -0.216. The largest absolute Gasteiger partial charge is 0.380 e. The highest BCUT2D eigenvalue weighted by atomic mass is 16.5. The average Bonchev–Trinajstić information content (AvgIpc) is 2.60. The van der Waals surface area contributed by atoms with Crippen molar-refractivity contribution >= 4 is 11.8 Å². The van der Waals surface area contributed by atoms with Crippen LogP contribution in [0.4, 0.5) is 0 Å². The lowest BCUT2D eigenvalue weighted by molar-refractivity contribution is -0.126. The fourth-order valence-electron chi connectivity index (χ4n) is 1.26. The first-order valence-corrected chi connectivity index (χ1v) is 4.70. The molecular formula is C9H16N2O3. The van der Waals surface area contributed by atoms with Crippen molar-refractivity contribution in [3.8, 4) is 0 Å². The Balaban J connectivity index is 2.25. The summed E-state index contributed by atoms with van der Waals surface area (Å²) in [6.07, 6.45) is 0.303. The average molecular weight is 200 g/mol. The molecule has 2 amide bonds. The van der Waals surface area contributed by atoms with Crippen LogP contribution < -0.4 is 10.6 Å². The predicted octanol–water partition coefficient (Wildman–Crippen LogP) is -0.726. The minimum Gasteiger partial charge on any atom is -0.380 e. The molecule has 0 spiro atoms. The standard InChI is InChI=1S/C9H16N2O3/c1-6(14-2)4-11-9(13)7-3-8(12)10-5-7/h6-7H,3-5H2,1-2H3,(H,10,12)(H,11,13). The molecule has 0 aromatic heterocycles. The number of carbonyl (C=O) groups excluding carboxylic acids is 2. The van der Waals surface area contributed by atoms with Gasteiger partial charge in [-0.05, 0) is 6.92 Å². The van der Waals surface area contributed by atoms with Crippen LogP contribution in [-0.4, -0.2) is 38.1 Å². The molecule has 1 saturated heterocycles. The first-order chi connectivity index (χ1) is 6.63. The first kappa shape index (κ1) is 11.0. The van der Waals surface area contributed by atoms with E-state index in [-0.39, 0.29) is 23.8 Å². The molecule has 0 aromatic carbocycles. The maximum atomic E-state index is 11.5. The lowest BCUT2D eigenvalue weighted by Crippen LogP contribution is -2.36. The Morgan fingerprint density at radius 1 is 1.79 bits per heavy atom. The molecule has 2 unspecified atom stereocenters. The number of amides is 2. The summed E-state index contributed by atoms with van der Waals surface area (Å²) >= 11 is 0. The van der Waals surface area contributed by atoms with Gasteiger partial charge < -0.3 is 15.4 Å². The third-order valence-corrected chi connectivity index (χ3v) is 2.31. The highest BCUT2D eigenvalue weighted by Crippen LogP contribution is 2.08. The molecule has 0 saturated carbocycles. The number of rotatable bonds is 4. The van der Waals surface area contributed by atoms with Gasteiger partial charge in [-0.15, -0.1) is 0 Å². The van der Waals surface area contributed by atoms with E-state index in [4.69, 9.17) is 4.74 Å². The van der Waals surface area contributed by atoms with Crippen LogP contribution in [-0.2, 0) is 14.3 Å². The lowest BCUT2D eigenvalue weighted by Gasteiger charge is -2.12. The highest BCUT2D eigenvalue weighted by Gasteiger charge is 2.27. The summed E-state index contributed by atoms with van der Waals surface area (Å²) in [4.78, 5) is 22.3. The molecular weight excluding hydrogens is 184 g/mol. The number of carbonyl (C=O) groups is 2. The molecule has 1 aliphatic rings. The lowest BCUT2D eigenvalue weighted by atomic mass is 10.1. The van der Waals surface area contributed by atoms with E-state index in [9.17, 15) is 9.59 Å². The van der Waals surface area contributed by atoms with Crippen LogP contribution in [0, 0.1) is 5.92 Å². The highest BCUT2D eigenvalue weighted by molar-refractivity contribution is 5.89. The van der Waals surface area contributed by atoms with Crippen LogP contribution >= 0.6 is 0 Å². The molecule has 0 aliphatic carbocycles. The maximum absolute atomic E-state index is 11.5. The predicted molar refractivity (Wildman–Crippen MR) is 50.6 cm³/mol. The molecule has 80 valence electrons. The molecule has 5 heteroatoms. The van der Waals surface area contributed by atoms with Gasteiger partial charge in [0.1, 0.15) is 0 Å². The Morgan fingerprint density at radius 3 is 3.00 bits per heavy atom. The van der Waals surface area contributed by atoms with E-state index in [1.54, 1.807) is 7.11 Å². The molecule has 1 heterocycles. The molecule has 1 rings (SSSR count). The number of hydrogen-bond donors (Lipinski definition) is 2. The van der Waals surface area contributed by atoms with E-state index < -0.39 is 0 Å². The number of ether oxygens (including phenoxy) is 1. The van der Waals surface area contributed by atoms with E-state index in [1.165, 1.54) is 0 Å². The summed E-state index contributed by atoms with van der Waals surface area (Å²) in [6, 6.07) is 0. The summed E-state index contributed by atoms with van der Waals surface area (Å²) in [5, 5.41) is 5.36. The molecule has 2 N–H and O–H groups in total. The van der Waals surface area contributed by atoms with Crippen molar-refractivity contribution in [3.05, 3.63) is 0 Å². The smallest absolute Gasteiger partial charge is 0.225 e. The fourth-order valence-corrected chi connectivity index (χ4v) is 1.26. The zero-order chi connectivity index (χ0) is 10.6. The van der Waals surface area contributed by atoms with Crippen molar-refractivity contribution < 1.29 is 14.3 Å². The zero-order valence-corrected chi connectivity index (χ0v) is 8.50. The van der Waals surface area contributed by atoms with Gasteiger partial charge in [0.2, 0.25) is 11.8 Å². The normalized spacial score (nSPS) is 23.0. The van der Waals surface area contributed by atoms with Gasteiger partial charge in [0.05, 0.1) is 12.0 Å². The molecule has 5 nitrogen and oxygen atoms in total. The quantitative estimate of drug-likeness (QED) is 0.629. The molecule has 0 aromatic rings. The molecule has 2 atom stereocenters. The Hall–Kier alpha value is -1.10. The molecule has 1 fully saturated rings. The summed E-state index contributed by atoms with van der Waals surface area (Å²) in [5.41, 5.74) is 0. The van der Waals surface area contributed by atoms with E-state index in [0.717, 1.165) is 0 Å². The number of methoxy groups -OCH3 is 1. The van der Waals surface area contributed by atoms with Crippen LogP contribution in [0.25, 0.3) is 0 Å². The molecule has 14 heavy (non-hydrogen) atoms. The van der Waals surface area contributed by atoms with Crippen LogP contribution in [0.3, 0.4) is 0 Å². The van der Waals surface area contributed by atoms with Crippen LogP contribution in [0.1, 0.15) is 13.3 Å². The van der Waals surface area contributed by atoms with Gasteiger partial charge in [-0.25, -0.2) is 0 Å². The van der Waals surface area contributed by atoms with Gasteiger partial charge in [0.25, 0.3) is 0 Å². The van der Waals surface area contributed by atoms with E-state index in [0.29, 0.717) is 19.5 Å². The van der Waals surface area contributed by atoms with Crippen LogP contribution in [0.5, 0.6) is 0 Å². The second-order valence-electron chi connectivity index (χ2n) is 3.50. The zero-order valence-electron chi connectivity index (χ0n) is 8.50. The maximum Gasteiger partial charge on any atom is 0.225 e. The Bertz CT molecular complexity index is 230. The SMILES string of the molecule is COC(C)CNC(=O)C1CNC(=O)C1. The third kappa shape index (κ3) is 2.99. The number of nitrogens with one attached hydrogen (secondary N) is 2. The topological polar surface area (TPSA) is 67.4 Å². The van der Waals surface area contributed by atoms with Gasteiger partial charge in [-0.3, -0.25) is 9.59 Å². The van der Waals surface area contributed by atoms with Crippen molar-refractivity contribution in [3.63, 3.8) is 0 Å². The van der Waals surface area contributed by atoms with Gasteiger partial charge >= 0.3 is 0 Å². The minimum absolute atomic E-state index is 0.00372. The Labute approximate surface area is 83.2 Å². The molecule has 0 bridgehead atoms. The summed E-state index contributed by atoms with van der Waals surface area (Å²) in [6.45, 7) is 2.81. The number of hydrogen-bond acceptors (Lipinski definition) is 3. The van der Waals surface area contributed by atoms with Gasteiger partial charge in [-0.2, -0.15) is 0 Å². The van der Waals surface area contributed by atoms with E-state index in [2.05, 4.69) is 10.6 Å². The third-order valence-electron chi connectivity index (χ3n) is 2.31. The summed E-state index contributed by atoms with van der Waals surface area (Å²) < 4.78 is 4.99. The molecule has 1 aliphatic heterocycles. The van der Waals surface area contributed by atoms with Crippen LogP contribution in [0.15, 0.2) is 0 Å². The second kappa shape index (κ2) is 4.95. The van der Waals surface area contributed by atoms with Crippen LogP contribution in [0.2, 0.25) is 0 Å². The van der Waals surface area contributed by atoms with Gasteiger partial charge in [0.15, 0.2) is 0 Å². The van der Waals surface area contributed by atoms with E-state index in [1.807, 2.05) is 6.92 Å². The fraction of sp³-hybridized carbons (Fsp3) is 0.778. The monoisotopic (exact) mass is 200 g/mol. The summed E-state index contributed by atoms with van der Waals surface area (Å²) in [5.74, 6) is -0.344. The second-order valence-corrected chi connectivity index (χ2v) is 3.50. The van der Waals surface area contributed by atoms with Gasteiger partial charge in [-0.1, -0.05) is 0 Å². The van der Waals surface area contributed by atoms with Crippen molar-refractivity contribution in [2.24, 2.45) is 5.92 Å². The van der Waals surface area contributed by atoms with Crippen molar-refractivity contribution in [2.75, 3.05) is 20.2 Å². The Kier molecular flexibility index (Phi) is 3.88. The van der Waals surface area contributed by atoms with Gasteiger partial charge in [0, 0.05) is 26.6 Å². The van der Waals surface area contributed by atoms with Crippen molar-refractivity contribution in [2.45, 2.75) is 19.4 Å².